The van der Waals surface area contributed by atoms with Crippen molar-refractivity contribution in [2.75, 3.05) is 122 Å². The zero-order valence-electron chi connectivity index (χ0n) is 47.7. The van der Waals surface area contributed by atoms with Crippen LogP contribution in [0, 0.1) is 11.6 Å². The van der Waals surface area contributed by atoms with Crippen molar-refractivity contribution < 1.29 is 81.1 Å². The molecule has 2 atom stereocenters. The van der Waals surface area contributed by atoms with Crippen LogP contribution in [0.15, 0.2) is 70.9 Å². The first-order chi connectivity index (χ1) is 40.0. The van der Waals surface area contributed by atoms with Gasteiger partial charge >= 0.3 is 42.9 Å². The van der Waals surface area contributed by atoms with Gasteiger partial charge in [-0.2, -0.15) is 0 Å². The fraction of sp³-hybridized carbons (Fsp3) is 0.544. The zero-order chi connectivity index (χ0) is 58.1. The van der Waals surface area contributed by atoms with Gasteiger partial charge in [0.2, 0.25) is 0 Å². The number of halogens is 2. The van der Waals surface area contributed by atoms with Gasteiger partial charge in [0.05, 0.1) is 58.0 Å². The molecule has 6 heterocycles. The summed E-state index contributed by atoms with van der Waals surface area (Å²) in [5.41, 5.74) is 21.8. The van der Waals surface area contributed by atoms with E-state index in [4.69, 9.17) is 44.7 Å². The van der Waals surface area contributed by atoms with Gasteiger partial charge in [0.15, 0.2) is 23.1 Å². The first kappa shape index (κ1) is 69.9. The Hall–Kier alpha value is -7.62. The molecule has 4 aliphatic heterocycles. The number of pyridine rings is 2. The number of benzene rings is 2. The van der Waals surface area contributed by atoms with E-state index in [1.807, 2.05) is 6.07 Å². The Morgan fingerprint density at radius 1 is 0.682 bits per heavy atom. The Balaban J connectivity index is 0.000000352. The van der Waals surface area contributed by atoms with E-state index in [2.05, 4.69) is 48.9 Å². The summed E-state index contributed by atoms with van der Waals surface area (Å²) in [5, 5.41) is 22.9. The Bertz CT molecular complexity index is 2910. The number of azide groups is 2. The van der Waals surface area contributed by atoms with E-state index in [9.17, 15) is 28.7 Å². The van der Waals surface area contributed by atoms with Crippen molar-refractivity contribution in [2.24, 2.45) is 10.2 Å². The van der Waals surface area contributed by atoms with E-state index in [-0.39, 0.29) is 128 Å². The number of ether oxygens (including phenoxy) is 5. The number of aryl methyl sites for hydroxylation is 4. The van der Waals surface area contributed by atoms with Gasteiger partial charge in [0.25, 0.3) is 0 Å². The first-order valence-electron chi connectivity index (χ1n) is 27.9. The van der Waals surface area contributed by atoms with E-state index in [1.54, 1.807) is 33.8 Å². The molecule has 456 valence electrons. The molecule has 4 aromatic rings. The molecule has 2 aromatic heterocycles. The third kappa shape index (κ3) is 21.1. The SMILES string of the molecule is C.CCOC(=O)C[C@@H](c1ccc(OCCOCCN=[N+]=[N-])c(F)c1)N1CCN(CCCc2ccc3c(n2)NCCC3)C1=O.[Li+].[N-]=[N+]=NCCOCCOc1ccc(C(CC(=O)O)N2CCN(CCCc3ccc4c(n3)NCCC4)C2=O)cc1F.[OH-]. The number of esters is 1. The molecule has 0 saturated carbocycles. The summed E-state index contributed by atoms with van der Waals surface area (Å²) in [5.74, 6) is -0.861. The van der Waals surface area contributed by atoms with Crippen LogP contribution in [0.1, 0.15) is 98.6 Å². The quantitative estimate of drug-likeness (QED) is 0.0125. The van der Waals surface area contributed by atoms with Crippen molar-refractivity contribution >= 4 is 35.6 Å². The maximum absolute atomic E-state index is 15.0. The molecule has 25 nitrogen and oxygen atoms in total. The largest absolute Gasteiger partial charge is 1.00 e. The van der Waals surface area contributed by atoms with Gasteiger partial charge in [-0.1, -0.05) is 41.9 Å². The number of aliphatic carboxylic acids is 1. The van der Waals surface area contributed by atoms with Gasteiger partial charge in [0, 0.05) is 86.7 Å². The molecule has 8 rings (SSSR count). The van der Waals surface area contributed by atoms with Crippen LogP contribution in [-0.2, 0) is 49.5 Å². The summed E-state index contributed by atoms with van der Waals surface area (Å²) in [7, 11) is 0. The number of carbonyl (C=O) groups is 4. The minimum absolute atomic E-state index is 0. The summed E-state index contributed by atoms with van der Waals surface area (Å²) in [6, 6.07) is 15.1. The Morgan fingerprint density at radius 3 is 1.56 bits per heavy atom. The van der Waals surface area contributed by atoms with Crippen molar-refractivity contribution in [3.63, 3.8) is 0 Å². The van der Waals surface area contributed by atoms with Crippen molar-refractivity contribution in [1.82, 2.24) is 29.6 Å². The van der Waals surface area contributed by atoms with E-state index in [1.165, 1.54) is 40.3 Å². The van der Waals surface area contributed by atoms with Crippen LogP contribution in [0.3, 0.4) is 0 Å². The number of carboxylic acid groups (broad SMARTS) is 1. The minimum atomic E-state index is -1.08. The fourth-order valence-corrected chi connectivity index (χ4v) is 10.1. The molecule has 0 aliphatic carbocycles. The molecular formula is C57H77F2LiN14O11. The van der Waals surface area contributed by atoms with Gasteiger partial charge in [0.1, 0.15) is 24.8 Å². The maximum Gasteiger partial charge on any atom is 1.00 e. The number of hydrogen-bond donors (Lipinski definition) is 3. The number of fused-ring (bicyclic) bond motifs is 2. The maximum atomic E-state index is 15.0. The molecule has 1 unspecified atom stereocenters. The molecule has 2 saturated heterocycles. The van der Waals surface area contributed by atoms with E-state index < -0.39 is 35.7 Å². The van der Waals surface area contributed by atoms with Gasteiger partial charge in [-0.15, -0.1) is 0 Å². The number of anilines is 2. The number of carbonyl (C=O) groups excluding carboxylic acids is 3. The van der Waals surface area contributed by atoms with Gasteiger partial charge in [-0.3, -0.25) is 9.59 Å². The van der Waals surface area contributed by atoms with E-state index >= 15 is 4.39 Å². The topological polar surface area (TPSA) is 325 Å². The van der Waals surface area contributed by atoms with Crippen LogP contribution < -0.4 is 39.0 Å². The summed E-state index contributed by atoms with van der Waals surface area (Å²) < 4.78 is 56.4. The summed E-state index contributed by atoms with van der Waals surface area (Å²) in [6.45, 7) is 8.07. The number of nitrogens with one attached hydrogen (secondary N) is 2. The van der Waals surface area contributed by atoms with Crippen LogP contribution in [0.5, 0.6) is 11.5 Å². The molecule has 4 aliphatic rings. The average molecular weight is 1180 g/mol. The molecule has 85 heavy (non-hydrogen) atoms. The summed E-state index contributed by atoms with van der Waals surface area (Å²) in [6.07, 6.45) is 6.81. The number of carboxylic acids is 1. The Labute approximate surface area is 505 Å². The average Bonchev–Trinajstić information content (AvgIpc) is 3.51. The van der Waals surface area contributed by atoms with Gasteiger partial charge in [-0.25, -0.2) is 28.3 Å². The number of amides is 4. The zero-order valence-corrected chi connectivity index (χ0v) is 47.7. The Kier molecular flexibility index (Phi) is 30.4. The summed E-state index contributed by atoms with van der Waals surface area (Å²) >= 11 is 0. The first-order valence-corrected chi connectivity index (χ1v) is 27.9. The van der Waals surface area contributed by atoms with Crippen molar-refractivity contribution in [3.8, 4) is 11.5 Å². The summed E-state index contributed by atoms with van der Waals surface area (Å²) in [4.78, 5) is 72.1. The molecule has 2 fully saturated rings. The second-order valence-corrected chi connectivity index (χ2v) is 19.7. The molecule has 0 radical (unpaired) electrons. The molecule has 0 bridgehead atoms. The molecule has 4 amide bonds. The second-order valence-electron chi connectivity index (χ2n) is 19.7. The molecule has 28 heteroatoms. The standard InChI is InChI=1S/C29H38FN7O5.C27H34FN7O5.CH4.Li.H2O/c1-2-41-27(38)20-25(22-8-10-26(24(30)19-22)42-18-17-40-16-12-33-35-31)37-15-14-36(29(37)39)13-4-6-23-9-7-21-5-3-11-32-28(21)34-23;28-22-17-20(6-8-24(22)40-16-15-39-14-10-31-33-29)23(18-25(36)37)35-13-12-34(27(35)38)11-2-4-21-7-5-19-3-1-9-30-26(19)32-21;;;/h7-10,19,25H,2-6,11-18,20H2,1H3,(H,32,34);5-8,17,23H,1-4,9-16,18H2,(H,30,32)(H,36,37);1H4;;1H2/q;;;+1;/p-1/t25-;;;;/m0..../s1. The molecular weight excluding hydrogens is 1100 g/mol. The number of aromatic nitrogens is 2. The third-order valence-corrected chi connectivity index (χ3v) is 14.1. The monoisotopic (exact) mass is 1180 g/mol. The van der Waals surface area contributed by atoms with Crippen molar-refractivity contribution in [1.29, 1.82) is 0 Å². The predicted octanol–water partition coefficient (Wildman–Crippen LogP) is 6.28. The smallest absolute Gasteiger partial charge is 0.870 e. The van der Waals surface area contributed by atoms with E-state index in [0.29, 0.717) is 50.4 Å². The Morgan fingerprint density at radius 2 is 1.14 bits per heavy atom. The van der Waals surface area contributed by atoms with Crippen LogP contribution in [-0.4, -0.2) is 176 Å². The van der Waals surface area contributed by atoms with Crippen molar-refractivity contribution in [2.45, 2.75) is 90.6 Å². The number of rotatable bonds is 31. The number of urea groups is 2. The van der Waals surface area contributed by atoms with Crippen LogP contribution in [0.25, 0.3) is 20.9 Å². The second kappa shape index (κ2) is 36.9. The molecule has 2 aromatic carbocycles. The van der Waals surface area contributed by atoms with E-state index in [0.717, 1.165) is 87.5 Å². The van der Waals surface area contributed by atoms with Crippen LogP contribution in [0.2, 0.25) is 0 Å². The van der Waals surface area contributed by atoms with Gasteiger partial charge in [-0.05, 0) is 128 Å². The third-order valence-electron chi connectivity index (χ3n) is 14.1. The minimum Gasteiger partial charge on any atom is -0.870 e. The van der Waals surface area contributed by atoms with Crippen molar-refractivity contribution in [3.05, 3.63) is 127 Å². The number of hydrogen-bond acceptors (Lipinski definition) is 16. The molecule has 0 spiro atoms. The normalized spacial score (nSPS) is 14.6. The van der Waals surface area contributed by atoms with Crippen LogP contribution >= 0.6 is 0 Å². The predicted molar refractivity (Wildman–Crippen MR) is 307 cm³/mol. The molecule has 4 N–H and O–H groups in total. The fourth-order valence-electron chi connectivity index (χ4n) is 10.1. The van der Waals surface area contributed by atoms with Crippen LogP contribution in [0.4, 0.5) is 30.0 Å². The number of nitrogens with zero attached hydrogens (tertiary/aromatic N) is 12. The van der Waals surface area contributed by atoms with Gasteiger partial charge < -0.3 is 64.5 Å².